The number of hydrogen-bond acceptors (Lipinski definition) is 7. The molecule has 2 aromatic carbocycles. The average molecular weight is 457 g/mol. The lowest BCUT2D eigenvalue weighted by atomic mass is 10.1. The Balaban J connectivity index is 1.95. The van der Waals surface area contributed by atoms with E-state index in [1.807, 2.05) is 35.1 Å². The number of amides is 1. The van der Waals surface area contributed by atoms with E-state index >= 15 is 0 Å². The molecular formula is C21H17FN4O3S2. The molecule has 4 aromatic rings. The summed E-state index contributed by atoms with van der Waals surface area (Å²) >= 11 is 2.36. The molecule has 0 fully saturated rings. The van der Waals surface area contributed by atoms with Crippen LogP contribution in [0.1, 0.15) is 0 Å². The number of thioether (sulfide) groups is 1. The topological polar surface area (TPSA) is 99.2 Å². The SMILES string of the molecule is COc1cccc(-c2csc3nc(SCC(=O)NN)n(-c4cccc(F)c4)c(=O)c23)c1. The maximum absolute atomic E-state index is 13.9. The van der Waals surface area contributed by atoms with Crippen molar-refractivity contribution >= 4 is 39.2 Å². The summed E-state index contributed by atoms with van der Waals surface area (Å²) in [6, 6.07) is 13.0. The van der Waals surface area contributed by atoms with Crippen molar-refractivity contribution in [3.8, 4) is 22.6 Å². The third-order valence-electron chi connectivity index (χ3n) is 4.52. The predicted octanol–water partition coefficient (Wildman–Crippen LogP) is 3.34. The summed E-state index contributed by atoms with van der Waals surface area (Å²) < 4.78 is 20.5. The number of carbonyl (C=O) groups excluding carboxylic acids is 1. The summed E-state index contributed by atoms with van der Waals surface area (Å²) in [6.45, 7) is 0. The Bertz CT molecular complexity index is 1340. The van der Waals surface area contributed by atoms with Crippen molar-refractivity contribution in [2.75, 3.05) is 12.9 Å². The maximum Gasteiger partial charge on any atom is 0.268 e. The van der Waals surface area contributed by atoms with Crippen molar-refractivity contribution < 1.29 is 13.9 Å². The van der Waals surface area contributed by atoms with Gasteiger partial charge in [-0.25, -0.2) is 15.2 Å². The zero-order valence-corrected chi connectivity index (χ0v) is 17.9. The number of ether oxygens (including phenoxy) is 1. The molecule has 3 N–H and O–H groups in total. The summed E-state index contributed by atoms with van der Waals surface area (Å²) in [5, 5.41) is 2.53. The first-order valence-electron chi connectivity index (χ1n) is 9.08. The van der Waals surface area contributed by atoms with E-state index < -0.39 is 11.7 Å². The molecule has 158 valence electrons. The Morgan fingerprint density at radius 3 is 2.84 bits per heavy atom. The van der Waals surface area contributed by atoms with Crippen LogP contribution in [0.3, 0.4) is 0 Å². The number of aromatic nitrogens is 2. The summed E-state index contributed by atoms with van der Waals surface area (Å²) in [6.07, 6.45) is 0. The number of hydrogen-bond donors (Lipinski definition) is 2. The standard InChI is InChI=1S/C21H17FN4O3S2/c1-29-15-7-2-4-12(8-15)16-10-30-19-18(16)20(28)26(14-6-3-5-13(22)9-14)21(24-19)31-11-17(27)25-23/h2-10H,11,23H2,1H3,(H,25,27). The van der Waals surface area contributed by atoms with Gasteiger partial charge < -0.3 is 4.74 Å². The Morgan fingerprint density at radius 2 is 2.10 bits per heavy atom. The molecule has 0 saturated heterocycles. The average Bonchev–Trinajstić information content (AvgIpc) is 3.22. The van der Waals surface area contributed by atoms with E-state index in [0.29, 0.717) is 27.2 Å². The van der Waals surface area contributed by atoms with Crippen LogP contribution in [0.15, 0.2) is 63.9 Å². The first-order valence-corrected chi connectivity index (χ1v) is 10.9. The molecule has 2 heterocycles. The number of rotatable bonds is 6. The van der Waals surface area contributed by atoms with Crippen molar-refractivity contribution in [1.82, 2.24) is 15.0 Å². The van der Waals surface area contributed by atoms with Gasteiger partial charge in [0.25, 0.3) is 5.56 Å². The number of carbonyl (C=O) groups is 1. The van der Waals surface area contributed by atoms with Crippen LogP contribution in [-0.4, -0.2) is 28.3 Å². The molecule has 0 bridgehead atoms. The second-order valence-electron chi connectivity index (χ2n) is 6.43. The Morgan fingerprint density at radius 1 is 1.29 bits per heavy atom. The molecule has 10 heteroatoms. The number of benzene rings is 2. The van der Waals surface area contributed by atoms with Gasteiger partial charge in [-0.05, 0) is 35.9 Å². The van der Waals surface area contributed by atoms with E-state index in [-0.39, 0.29) is 16.5 Å². The fourth-order valence-electron chi connectivity index (χ4n) is 3.09. The van der Waals surface area contributed by atoms with Crippen molar-refractivity contribution in [1.29, 1.82) is 0 Å². The third-order valence-corrected chi connectivity index (χ3v) is 6.33. The summed E-state index contributed by atoms with van der Waals surface area (Å²) in [7, 11) is 1.57. The molecule has 0 aliphatic heterocycles. The van der Waals surface area contributed by atoms with Crippen molar-refractivity contribution in [2.45, 2.75) is 5.16 Å². The van der Waals surface area contributed by atoms with Gasteiger partial charge in [-0.1, -0.05) is 30.0 Å². The minimum atomic E-state index is -0.488. The van der Waals surface area contributed by atoms with Gasteiger partial charge in [0.2, 0.25) is 5.91 Å². The number of fused-ring (bicyclic) bond motifs is 1. The summed E-state index contributed by atoms with van der Waals surface area (Å²) in [4.78, 5) is 30.4. The quantitative estimate of drug-likeness (QED) is 0.152. The molecule has 7 nitrogen and oxygen atoms in total. The molecule has 0 atom stereocenters. The lowest BCUT2D eigenvalue weighted by molar-refractivity contribution is -0.118. The van der Waals surface area contributed by atoms with Crippen LogP contribution in [0.25, 0.3) is 27.0 Å². The lowest BCUT2D eigenvalue weighted by Crippen LogP contribution is -2.32. The number of nitrogens with two attached hydrogens (primary N) is 1. The van der Waals surface area contributed by atoms with Crippen LogP contribution >= 0.6 is 23.1 Å². The van der Waals surface area contributed by atoms with Crippen LogP contribution in [0.4, 0.5) is 4.39 Å². The minimum Gasteiger partial charge on any atom is -0.497 e. The monoisotopic (exact) mass is 456 g/mol. The van der Waals surface area contributed by atoms with Crippen LogP contribution in [0, 0.1) is 5.82 Å². The third kappa shape index (κ3) is 4.18. The fraction of sp³-hybridized carbons (Fsp3) is 0.0952. The van der Waals surface area contributed by atoms with E-state index in [0.717, 1.165) is 17.3 Å². The molecule has 31 heavy (non-hydrogen) atoms. The van der Waals surface area contributed by atoms with Crippen molar-refractivity contribution in [2.24, 2.45) is 5.84 Å². The highest BCUT2D eigenvalue weighted by Crippen LogP contribution is 2.34. The molecule has 0 unspecified atom stereocenters. The zero-order valence-electron chi connectivity index (χ0n) is 16.3. The molecule has 0 spiro atoms. The number of hydrazine groups is 1. The second-order valence-corrected chi connectivity index (χ2v) is 8.23. The Hall–Kier alpha value is -3.21. The number of nitrogens with zero attached hydrogens (tertiary/aromatic N) is 2. The highest BCUT2D eigenvalue weighted by atomic mass is 32.2. The minimum absolute atomic E-state index is 0.0438. The summed E-state index contributed by atoms with van der Waals surface area (Å²) in [5.41, 5.74) is 3.52. The van der Waals surface area contributed by atoms with Crippen molar-refractivity contribution in [3.05, 3.63) is 70.1 Å². The maximum atomic E-state index is 13.9. The van der Waals surface area contributed by atoms with Gasteiger partial charge in [-0.2, -0.15) is 0 Å². The number of halogens is 1. The number of thiophene rings is 1. The van der Waals surface area contributed by atoms with Gasteiger partial charge >= 0.3 is 0 Å². The molecule has 0 radical (unpaired) electrons. The van der Waals surface area contributed by atoms with Gasteiger partial charge in [-0.3, -0.25) is 19.6 Å². The van der Waals surface area contributed by atoms with Gasteiger partial charge in [0, 0.05) is 10.9 Å². The predicted molar refractivity (Wildman–Crippen MR) is 120 cm³/mol. The number of nitrogens with one attached hydrogen (secondary N) is 1. The van der Waals surface area contributed by atoms with Gasteiger partial charge in [0.1, 0.15) is 16.4 Å². The number of methoxy groups -OCH3 is 1. The second kappa shape index (κ2) is 8.88. The largest absolute Gasteiger partial charge is 0.497 e. The molecule has 0 aliphatic rings. The van der Waals surface area contributed by atoms with E-state index in [4.69, 9.17) is 10.6 Å². The van der Waals surface area contributed by atoms with Crippen LogP contribution in [-0.2, 0) is 4.79 Å². The van der Waals surface area contributed by atoms with Crippen LogP contribution < -0.4 is 21.6 Å². The zero-order chi connectivity index (χ0) is 22.0. The van der Waals surface area contributed by atoms with Crippen LogP contribution in [0.2, 0.25) is 0 Å². The van der Waals surface area contributed by atoms with Gasteiger partial charge in [0.05, 0.1) is 23.9 Å². The van der Waals surface area contributed by atoms with E-state index in [1.54, 1.807) is 13.2 Å². The summed E-state index contributed by atoms with van der Waals surface area (Å²) in [5.74, 6) is 4.87. The molecule has 0 aliphatic carbocycles. The van der Waals surface area contributed by atoms with Gasteiger partial charge in [-0.15, -0.1) is 11.3 Å². The molecular weight excluding hydrogens is 439 g/mol. The smallest absolute Gasteiger partial charge is 0.268 e. The lowest BCUT2D eigenvalue weighted by Gasteiger charge is -2.12. The molecule has 0 saturated carbocycles. The van der Waals surface area contributed by atoms with E-state index in [1.165, 1.54) is 34.1 Å². The fourth-order valence-corrected chi connectivity index (χ4v) is 4.90. The first-order chi connectivity index (χ1) is 15.0. The molecule has 1 amide bonds. The van der Waals surface area contributed by atoms with Crippen LogP contribution in [0.5, 0.6) is 5.75 Å². The van der Waals surface area contributed by atoms with E-state index in [9.17, 15) is 14.0 Å². The highest BCUT2D eigenvalue weighted by molar-refractivity contribution is 7.99. The normalized spacial score (nSPS) is 10.9. The molecule has 2 aromatic heterocycles. The van der Waals surface area contributed by atoms with Gasteiger partial charge in [0.15, 0.2) is 5.16 Å². The molecule has 4 rings (SSSR count). The Labute approximate surface area is 184 Å². The highest BCUT2D eigenvalue weighted by Gasteiger charge is 2.19. The first kappa shape index (κ1) is 21.0. The Kier molecular flexibility index (Phi) is 6.03. The van der Waals surface area contributed by atoms with Crippen molar-refractivity contribution in [3.63, 3.8) is 0 Å². The van der Waals surface area contributed by atoms with E-state index in [2.05, 4.69) is 4.98 Å².